The van der Waals surface area contributed by atoms with Gasteiger partial charge in [-0.2, -0.15) is 0 Å². The molecule has 7 nitrogen and oxygen atoms in total. The fraction of sp³-hybridized carbons (Fsp3) is 0.222. The number of fused-ring (bicyclic) bond motifs is 3. The lowest BCUT2D eigenvalue weighted by molar-refractivity contribution is 0.340. The highest BCUT2D eigenvalue weighted by molar-refractivity contribution is 7.91. The topological polar surface area (TPSA) is 78.5 Å². The predicted octanol–water partition coefficient (Wildman–Crippen LogP) is 2.38. The van der Waals surface area contributed by atoms with Crippen molar-refractivity contribution in [1.82, 2.24) is 19.2 Å². The number of aryl methyl sites for hydroxylation is 2. The van der Waals surface area contributed by atoms with Crippen LogP contribution in [0, 0.1) is 6.92 Å². The van der Waals surface area contributed by atoms with Gasteiger partial charge in [0.25, 0.3) is 5.16 Å². The van der Waals surface area contributed by atoms with Gasteiger partial charge in [0.2, 0.25) is 15.6 Å². The van der Waals surface area contributed by atoms with E-state index in [2.05, 4.69) is 10.2 Å². The van der Waals surface area contributed by atoms with Crippen LogP contribution in [0.3, 0.4) is 0 Å². The molecule has 0 aliphatic carbocycles. The predicted molar refractivity (Wildman–Crippen MR) is 98.2 cm³/mol. The van der Waals surface area contributed by atoms with Crippen LogP contribution >= 0.6 is 0 Å². The van der Waals surface area contributed by atoms with E-state index < -0.39 is 9.84 Å². The molecular weight excluding hydrogens is 352 g/mol. The lowest BCUT2D eigenvalue weighted by Crippen LogP contribution is -2.16. The molecule has 8 heteroatoms. The summed E-state index contributed by atoms with van der Waals surface area (Å²) in [6.07, 6.45) is 0. The van der Waals surface area contributed by atoms with E-state index in [0.29, 0.717) is 11.5 Å². The van der Waals surface area contributed by atoms with E-state index in [1.807, 2.05) is 67.1 Å². The van der Waals surface area contributed by atoms with Crippen LogP contribution in [0.5, 0.6) is 5.75 Å². The number of benzene rings is 2. The van der Waals surface area contributed by atoms with E-state index in [4.69, 9.17) is 4.74 Å². The standard InChI is InChI=1S/C18H18N4O3S/c1-13-7-9-14(10-8-13)25-11-12-26(23,24)18-20-19-17-21(2)15-5-3-4-6-16(15)22(17)18/h3-10H,11-12H2,1-2H3. The molecule has 0 aliphatic rings. The molecule has 0 saturated heterocycles. The van der Waals surface area contributed by atoms with Gasteiger partial charge < -0.3 is 9.30 Å². The molecule has 0 atom stereocenters. The Bertz CT molecular complexity index is 1190. The van der Waals surface area contributed by atoms with Gasteiger partial charge in [0.15, 0.2) is 0 Å². The molecule has 0 bridgehead atoms. The third kappa shape index (κ3) is 2.72. The molecule has 2 heterocycles. The maximum Gasteiger partial charge on any atom is 0.256 e. The Morgan fingerprint density at radius 3 is 2.42 bits per heavy atom. The number of para-hydroxylation sites is 2. The minimum Gasteiger partial charge on any atom is -0.493 e. The molecule has 2 aromatic carbocycles. The van der Waals surface area contributed by atoms with Crippen LogP contribution in [-0.4, -0.2) is 39.9 Å². The van der Waals surface area contributed by atoms with Crippen LogP contribution in [0.2, 0.25) is 0 Å². The van der Waals surface area contributed by atoms with E-state index in [0.717, 1.165) is 16.6 Å². The van der Waals surface area contributed by atoms with Gasteiger partial charge in [0, 0.05) is 7.05 Å². The zero-order chi connectivity index (χ0) is 18.3. The zero-order valence-corrected chi connectivity index (χ0v) is 15.3. The lowest BCUT2D eigenvalue weighted by Gasteiger charge is -2.06. The average molecular weight is 370 g/mol. The molecule has 0 N–H and O–H groups in total. The van der Waals surface area contributed by atoms with Crippen LogP contribution in [0.1, 0.15) is 5.56 Å². The van der Waals surface area contributed by atoms with Crippen molar-refractivity contribution in [3.63, 3.8) is 0 Å². The molecule has 0 radical (unpaired) electrons. The summed E-state index contributed by atoms with van der Waals surface area (Å²) >= 11 is 0. The van der Waals surface area contributed by atoms with E-state index in [1.165, 1.54) is 0 Å². The molecule has 2 aromatic heterocycles. The molecule has 26 heavy (non-hydrogen) atoms. The third-order valence-electron chi connectivity index (χ3n) is 4.32. The zero-order valence-electron chi connectivity index (χ0n) is 14.5. The largest absolute Gasteiger partial charge is 0.493 e. The molecule has 0 saturated carbocycles. The van der Waals surface area contributed by atoms with Crippen molar-refractivity contribution in [2.45, 2.75) is 12.1 Å². The van der Waals surface area contributed by atoms with Crippen molar-refractivity contribution in [3.05, 3.63) is 54.1 Å². The second-order valence-corrected chi connectivity index (χ2v) is 8.15. The fourth-order valence-corrected chi connectivity index (χ4v) is 4.04. The summed E-state index contributed by atoms with van der Waals surface area (Å²) in [5.74, 6) is 0.955. The van der Waals surface area contributed by atoms with Gasteiger partial charge in [-0.3, -0.25) is 0 Å². The van der Waals surface area contributed by atoms with Crippen LogP contribution in [0.15, 0.2) is 53.7 Å². The first kappa shape index (κ1) is 16.6. The Morgan fingerprint density at radius 1 is 1.00 bits per heavy atom. The van der Waals surface area contributed by atoms with Gasteiger partial charge >= 0.3 is 0 Å². The van der Waals surface area contributed by atoms with Crippen molar-refractivity contribution < 1.29 is 13.2 Å². The number of sulfone groups is 1. The molecule has 0 amide bonds. The number of hydrogen-bond acceptors (Lipinski definition) is 5. The van der Waals surface area contributed by atoms with E-state index in [1.54, 1.807) is 4.40 Å². The summed E-state index contributed by atoms with van der Waals surface area (Å²) in [5.41, 5.74) is 2.77. The quantitative estimate of drug-likeness (QED) is 0.539. The number of hydrogen-bond donors (Lipinski definition) is 0. The third-order valence-corrected chi connectivity index (χ3v) is 5.84. The SMILES string of the molecule is Cc1ccc(OCCS(=O)(=O)c2nnc3n(C)c4ccccc4n23)cc1. The molecule has 0 unspecified atom stereocenters. The molecule has 0 fully saturated rings. The minimum absolute atomic E-state index is 0.0467. The van der Waals surface area contributed by atoms with Gasteiger partial charge in [-0.05, 0) is 31.2 Å². The van der Waals surface area contributed by atoms with Crippen molar-refractivity contribution in [2.24, 2.45) is 7.05 Å². The summed E-state index contributed by atoms with van der Waals surface area (Å²) in [6.45, 7) is 2.03. The Kier molecular flexibility index (Phi) is 3.91. The number of nitrogens with zero attached hydrogens (tertiary/aromatic N) is 4. The van der Waals surface area contributed by atoms with Crippen molar-refractivity contribution in [2.75, 3.05) is 12.4 Å². The fourth-order valence-electron chi connectivity index (χ4n) is 2.93. The van der Waals surface area contributed by atoms with Crippen LogP contribution < -0.4 is 4.74 Å². The molecule has 134 valence electrons. The smallest absolute Gasteiger partial charge is 0.256 e. The van der Waals surface area contributed by atoms with Crippen molar-refractivity contribution in [1.29, 1.82) is 0 Å². The molecule has 0 aliphatic heterocycles. The van der Waals surface area contributed by atoms with Crippen molar-refractivity contribution in [3.8, 4) is 5.75 Å². The van der Waals surface area contributed by atoms with Crippen molar-refractivity contribution >= 4 is 26.6 Å². The van der Waals surface area contributed by atoms with Crippen LogP contribution in [-0.2, 0) is 16.9 Å². The first-order valence-electron chi connectivity index (χ1n) is 8.18. The second-order valence-electron chi connectivity index (χ2n) is 6.15. The van der Waals surface area contributed by atoms with Gasteiger partial charge in [0.05, 0.1) is 16.8 Å². The lowest BCUT2D eigenvalue weighted by atomic mass is 10.2. The van der Waals surface area contributed by atoms with E-state index in [9.17, 15) is 8.42 Å². The summed E-state index contributed by atoms with van der Waals surface area (Å²) in [5, 5.41) is 7.92. The average Bonchev–Trinajstić information content (AvgIpc) is 3.18. The highest BCUT2D eigenvalue weighted by Crippen LogP contribution is 2.22. The minimum atomic E-state index is -3.65. The summed E-state index contributed by atoms with van der Waals surface area (Å²) in [7, 11) is -1.81. The number of imidazole rings is 1. The number of rotatable bonds is 5. The number of aromatic nitrogens is 4. The highest BCUT2D eigenvalue weighted by atomic mass is 32.2. The first-order chi connectivity index (χ1) is 12.5. The Hall–Kier alpha value is -2.87. The van der Waals surface area contributed by atoms with Gasteiger partial charge in [0.1, 0.15) is 12.4 Å². The first-order valence-corrected chi connectivity index (χ1v) is 9.83. The Labute approximate surface area is 150 Å². The van der Waals surface area contributed by atoms with E-state index >= 15 is 0 Å². The monoisotopic (exact) mass is 370 g/mol. The van der Waals surface area contributed by atoms with Crippen LogP contribution in [0.25, 0.3) is 16.8 Å². The highest BCUT2D eigenvalue weighted by Gasteiger charge is 2.25. The summed E-state index contributed by atoms with van der Waals surface area (Å²) < 4.78 is 34.5. The molecule has 4 aromatic rings. The van der Waals surface area contributed by atoms with E-state index in [-0.39, 0.29) is 17.5 Å². The molecular formula is C18H18N4O3S. The summed E-state index contributed by atoms with van der Waals surface area (Å²) in [6, 6.07) is 15.0. The Morgan fingerprint density at radius 2 is 1.69 bits per heavy atom. The number of ether oxygens (including phenoxy) is 1. The maximum atomic E-state index is 12.8. The second kappa shape index (κ2) is 6.14. The maximum absolute atomic E-state index is 12.8. The van der Waals surface area contributed by atoms with Gasteiger partial charge in [-0.15, -0.1) is 10.2 Å². The molecule has 4 rings (SSSR count). The normalized spacial score (nSPS) is 12.1. The van der Waals surface area contributed by atoms with Gasteiger partial charge in [-0.25, -0.2) is 12.8 Å². The van der Waals surface area contributed by atoms with Gasteiger partial charge in [-0.1, -0.05) is 29.8 Å². The molecule has 0 spiro atoms. The summed E-state index contributed by atoms with van der Waals surface area (Å²) in [4.78, 5) is 0. The van der Waals surface area contributed by atoms with Crippen LogP contribution in [0.4, 0.5) is 0 Å². The Balaban J connectivity index is 1.63.